The Kier molecular flexibility index (Phi) is 5.28. The number of hydrogen-bond donors (Lipinski definition) is 0. The van der Waals surface area contributed by atoms with Gasteiger partial charge in [-0.3, -0.25) is 4.79 Å². The number of fused-ring (bicyclic) bond motifs is 3. The van der Waals surface area contributed by atoms with Crippen LogP contribution in [0.3, 0.4) is 0 Å². The number of aromatic nitrogens is 3. The van der Waals surface area contributed by atoms with E-state index in [9.17, 15) is 9.18 Å². The molecule has 1 aliphatic carbocycles. The van der Waals surface area contributed by atoms with Gasteiger partial charge in [0.15, 0.2) is 5.82 Å². The van der Waals surface area contributed by atoms with Crippen LogP contribution in [-0.2, 0) is 0 Å². The van der Waals surface area contributed by atoms with Gasteiger partial charge in [0.25, 0.3) is 5.91 Å². The van der Waals surface area contributed by atoms with Crippen molar-refractivity contribution < 1.29 is 13.9 Å². The molecule has 1 aromatic carbocycles. The number of pyridine rings is 1. The van der Waals surface area contributed by atoms with Crippen molar-refractivity contribution in [1.29, 1.82) is 0 Å². The first kappa shape index (κ1) is 19.9. The average molecular weight is 439 g/mol. The Morgan fingerprint density at radius 1 is 1.13 bits per heavy atom. The summed E-state index contributed by atoms with van der Waals surface area (Å²) >= 11 is 5.92. The highest BCUT2D eigenvalue weighted by molar-refractivity contribution is 6.30. The van der Waals surface area contributed by atoms with E-state index in [0.717, 1.165) is 19.3 Å². The number of rotatable bonds is 4. The molecule has 0 N–H and O–H groups in total. The Bertz CT molecular complexity index is 1100. The molecule has 2 aliphatic heterocycles. The first-order valence-corrected chi connectivity index (χ1v) is 10.6. The van der Waals surface area contributed by atoms with E-state index in [1.807, 2.05) is 4.90 Å². The normalized spacial score (nSPS) is 22.4. The molecular weight excluding hydrogens is 419 g/mol. The molecule has 3 aromatic rings. The van der Waals surface area contributed by atoms with Crippen LogP contribution >= 0.6 is 11.6 Å². The monoisotopic (exact) mass is 438 g/mol. The van der Waals surface area contributed by atoms with Gasteiger partial charge in [0.2, 0.25) is 5.88 Å². The zero-order valence-electron chi connectivity index (χ0n) is 16.6. The van der Waals surface area contributed by atoms with Gasteiger partial charge in [-0.05, 0) is 55.5 Å². The SMILES string of the molecule is O=C(c1ccc(F)cc1-c1ncccn1)N1CC2CCC1C(Oc1ccc(Cl)cn1)C2. The molecule has 158 valence electrons. The summed E-state index contributed by atoms with van der Waals surface area (Å²) in [6.07, 6.45) is 7.33. The lowest BCUT2D eigenvalue weighted by atomic mass is 9.77. The Balaban J connectivity index is 1.44. The molecule has 1 saturated carbocycles. The lowest BCUT2D eigenvalue weighted by molar-refractivity contribution is -0.0313. The van der Waals surface area contributed by atoms with Crippen molar-refractivity contribution in [1.82, 2.24) is 19.9 Å². The molecule has 8 heteroatoms. The standard InChI is InChI=1S/C23H20ClFN4O2/c24-15-3-7-21(28-12-15)31-20-10-14-2-6-19(20)29(13-14)23(30)17-5-4-16(25)11-18(17)22-26-8-1-9-27-22/h1,3-5,7-9,11-12,14,19-20H,2,6,10,13H2. The number of carbonyl (C=O) groups excluding carboxylic acids is 1. The number of ether oxygens (including phenoxy) is 1. The summed E-state index contributed by atoms with van der Waals surface area (Å²) in [7, 11) is 0. The summed E-state index contributed by atoms with van der Waals surface area (Å²) in [5.74, 6) is 0.576. The topological polar surface area (TPSA) is 68.2 Å². The van der Waals surface area contributed by atoms with Crippen molar-refractivity contribution >= 4 is 17.5 Å². The van der Waals surface area contributed by atoms with Gasteiger partial charge in [-0.1, -0.05) is 11.6 Å². The van der Waals surface area contributed by atoms with Gasteiger partial charge >= 0.3 is 0 Å². The lowest BCUT2D eigenvalue weighted by Gasteiger charge is -2.49. The first-order valence-electron chi connectivity index (χ1n) is 10.2. The van der Waals surface area contributed by atoms with Crippen LogP contribution in [0.1, 0.15) is 29.6 Å². The predicted molar refractivity (Wildman–Crippen MR) is 113 cm³/mol. The summed E-state index contributed by atoms with van der Waals surface area (Å²) < 4.78 is 20.2. The number of hydrogen-bond acceptors (Lipinski definition) is 5. The second-order valence-corrected chi connectivity index (χ2v) is 8.37. The number of benzene rings is 1. The van der Waals surface area contributed by atoms with Crippen molar-refractivity contribution in [3.8, 4) is 17.3 Å². The highest BCUT2D eigenvalue weighted by Crippen LogP contribution is 2.38. The molecule has 3 fully saturated rings. The summed E-state index contributed by atoms with van der Waals surface area (Å²) in [6, 6.07) is 9.21. The van der Waals surface area contributed by atoms with E-state index < -0.39 is 5.82 Å². The van der Waals surface area contributed by atoms with Crippen LogP contribution in [0.25, 0.3) is 11.4 Å². The van der Waals surface area contributed by atoms with E-state index >= 15 is 0 Å². The minimum absolute atomic E-state index is 0.0791. The van der Waals surface area contributed by atoms with Gasteiger partial charge in [0, 0.05) is 36.8 Å². The molecule has 2 saturated heterocycles. The molecule has 3 aliphatic rings. The minimum Gasteiger partial charge on any atom is -0.472 e. The van der Waals surface area contributed by atoms with E-state index in [-0.39, 0.29) is 18.1 Å². The molecular formula is C23H20ClFN4O2. The largest absolute Gasteiger partial charge is 0.472 e. The van der Waals surface area contributed by atoms with Gasteiger partial charge in [-0.25, -0.2) is 19.3 Å². The minimum atomic E-state index is -0.436. The first-order chi connectivity index (χ1) is 15.1. The quantitative estimate of drug-likeness (QED) is 0.603. The Labute approximate surface area is 184 Å². The van der Waals surface area contributed by atoms with E-state index in [2.05, 4.69) is 15.0 Å². The van der Waals surface area contributed by atoms with Crippen LogP contribution in [0.4, 0.5) is 4.39 Å². The summed E-state index contributed by atoms with van der Waals surface area (Å²) in [5.41, 5.74) is 0.785. The third kappa shape index (κ3) is 3.97. The summed E-state index contributed by atoms with van der Waals surface area (Å²) in [5, 5.41) is 0.543. The van der Waals surface area contributed by atoms with Crippen LogP contribution in [0, 0.1) is 11.7 Å². The lowest BCUT2D eigenvalue weighted by Crippen LogP contribution is -2.59. The maximum atomic E-state index is 14.0. The Morgan fingerprint density at radius 3 is 2.71 bits per heavy atom. The molecule has 2 aromatic heterocycles. The molecule has 1 amide bonds. The molecule has 0 radical (unpaired) electrons. The van der Waals surface area contributed by atoms with Crippen LogP contribution in [0.2, 0.25) is 5.02 Å². The highest BCUT2D eigenvalue weighted by atomic mass is 35.5. The third-order valence-corrected chi connectivity index (χ3v) is 6.20. The fourth-order valence-corrected chi connectivity index (χ4v) is 4.67. The number of nitrogens with zero attached hydrogens (tertiary/aromatic N) is 4. The molecule has 6 nitrogen and oxygen atoms in total. The fraction of sp³-hybridized carbons (Fsp3) is 0.304. The van der Waals surface area contributed by atoms with Crippen LogP contribution in [0.15, 0.2) is 55.0 Å². The Hall–Kier alpha value is -3.06. The summed E-state index contributed by atoms with van der Waals surface area (Å²) in [6.45, 7) is 0.657. The maximum Gasteiger partial charge on any atom is 0.254 e. The van der Waals surface area contributed by atoms with Gasteiger partial charge in [0.1, 0.15) is 11.9 Å². The van der Waals surface area contributed by atoms with Crippen LogP contribution < -0.4 is 4.74 Å². The third-order valence-electron chi connectivity index (χ3n) is 5.97. The zero-order valence-corrected chi connectivity index (χ0v) is 17.4. The maximum absolute atomic E-state index is 14.0. The number of piperidine rings is 2. The molecule has 2 bridgehead atoms. The number of carbonyl (C=O) groups is 1. The van der Waals surface area contributed by atoms with E-state index in [4.69, 9.17) is 16.3 Å². The van der Waals surface area contributed by atoms with E-state index in [1.54, 1.807) is 36.8 Å². The molecule has 6 rings (SSSR count). The second-order valence-electron chi connectivity index (χ2n) is 7.94. The summed E-state index contributed by atoms with van der Waals surface area (Å²) in [4.78, 5) is 28.1. The van der Waals surface area contributed by atoms with E-state index in [0.29, 0.717) is 40.3 Å². The van der Waals surface area contributed by atoms with Crippen molar-refractivity contribution in [3.05, 3.63) is 71.4 Å². The smallest absolute Gasteiger partial charge is 0.254 e. The Morgan fingerprint density at radius 2 is 1.97 bits per heavy atom. The molecule has 31 heavy (non-hydrogen) atoms. The van der Waals surface area contributed by atoms with Gasteiger partial charge in [0.05, 0.1) is 16.6 Å². The fourth-order valence-electron chi connectivity index (χ4n) is 4.56. The van der Waals surface area contributed by atoms with Crippen molar-refractivity contribution in [3.63, 3.8) is 0 Å². The highest BCUT2D eigenvalue weighted by Gasteiger charge is 2.44. The number of amides is 1. The van der Waals surface area contributed by atoms with Crippen molar-refractivity contribution in [2.24, 2.45) is 5.92 Å². The van der Waals surface area contributed by atoms with Crippen LogP contribution in [-0.4, -0.2) is 44.4 Å². The zero-order chi connectivity index (χ0) is 21.4. The molecule has 3 atom stereocenters. The van der Waals surface area contributed by atoms with Gasteiger partial charge in [-0.15, -0.1) is 0 Å². The van der Waals surface area contributed by atoms with Gasteiger partial charge in [-0.2, -0.15) is 0 Å². The molecule has 4 heterocycles. The average Bonchev–Trinajstić information content (AvgIpc) is 2.81. The molecule has 0 spiro atoms. The molecule has 3 unspecified atom stereocenters. The number of halogens is 2. The van der Waals surface area contributed by atoms with Gasteiger partial charge < -0.3 is 9.64 Å². The van der Waals surface area contributed by atoms with Crippen molar-refractivity contribution in [2.45, 2.75) is 31.4 Å². The predicted octanol–water partition coefficient (Wildman–Crippen LogP) is 4.40. The van der Waals surface area contributed by atoms with Crippen molar-refractivity contribution in [2.75, 3.05) is 6.54 Å². The van der Waals surface area contributed by atoms with E-state index in [1.165, 1.54) is 18.2 Å². The van der Waals surface area contributed by atoms with Crippen LogP contribution in [0.5, 0.6) is 5.88 Å². The second kappa shape index (κ2) is 8.23.